The summed E-state index contributed by atoms with van der Waals surface area (Å²) in [4.78, 5) is 12.5. The first-order valence-electron chi connectivity index (χ1n) is 13.1. The molecule has 3 saturated heterocycles. The molecule has 246 valence electrons. The average Bonchev–Trinajstić information content (AvgIpc) is 2.94. The molecule has 14 N–H and O–H groups in total. The standard InChI is InChI=1S/C23H41NO18/c1-6(27)17(38-5-23(37)2-7(28)10(24)19(42-23)11(30)8(29)3-25)20-13(32)12(31)16(35)22(41-20)40-18-9(4-26)39-21(36)15(34)14(18)33/h7-22,25-26,28-37H,2-5,24H2,1H3/t7-,8+,9+,10+,11+,12-,13+,14+,15+,16+,17?,18+,19+,20-,21-,22+,23-/m0/s1. The number of hydrogen-bond acceptors (Lipinski definition) is 19. The van der Waals surface area contributed by atoms with E-state index in [-0.39, 0.29) is 0 Å². The molecule has 42 heavy (non-hydrogen) atoms. The molecule has 0 bridgehead atoms. The molecule has 19 nitrogen and oxygen atoms in total. The molecule has 3 fully saturated rings. The lowest BCUT2D eigenvalue weighted by molar-refractivity contribution is -0.362. The third-order valence-electron chi connectivity index (χ3n) is 7.55. The Morgan fingerprint density at radius 1 is 0.952 bits per heavy atom. The van der Waals surface area contributed by atoms with E-state index in [0.29, 0.717) is 0 Å². The van der Waals surface area contributed by atoms with E-state index >= 15 is 0 Å². The van der Waals surface area contributed by atoms with E-state index in [2.05, 4.69) is 0 Å². The monoisotopic (exact) mass is 619 g/mol. The second-order valence-corrected chi connectivity index (χ2v) is 10.7. The summed E-state index contributed by atoms with van der Waals surface area (Å²) < 4.78 is 26.8. The molecule has 1 unspecified atom stereocenters. The topological polar surface area (TPSA) is 332 Å². The van der Waals surface area contributed by atoms with Gasteiger partial charge < -0.3 is 90.7 Å². The number of carbonyl (C=O) groups excluding carboxylic acids is 1. The van der Waals surface area contributed by atoms with Gasteiger partial charge in [0.25, 0.3) is 0 Å². The number of nitrogens with two attached hydrogens (primary N) is 1. The van der Waals surface area contributed by atoms with E-state index in [9.17, 15) is 61.0 Å². The molecule has 19 heteroatoms. The van der Waals surface area contributed by atoms with Crippen LogP contribution >= 0.6 is 0 Å². The highest BCUT2D eigenvalue weighted by Crippen LogP contribution is 2.33. The van der Waals surface area contributed by atoms with Gasteiger partial charge in [-0.3, -0.25) is 4.79 Å². The maximum atomic E-state index is 12.5. The smallest absolute Gasteiger partial charge is 0.192 e. The zero-order valence-electron chi connectivity index (χ0n) is 22.5. The average molecular weight is 620 g/mol. The Labute approximate surface area is 238 Å². The maximum Gasteiger partial charge on any atom is 0.192 e. The molecule has 0 amide bonds. The van der Waals surface area contributed by atoms with Crippen molar-refractivity contribution >= 4 is 5.78 Å². The van der Waals surface area contributed by atoms with Crippen LogP contribution in [0.4, 0.5) is 0 Å². The van der Waals surface area contributed by atoms with Gasteiger partial charge in [-0.05, 0) is 6.92 Å². The maximum absolute atomic E-state index is 12.5. The zero-order chi connectivity index (χ0) is 31.7. The molecular formula is C23H41NO18. The molecule has 0 aromatic heterocycles. The van der Waals surface area contributed by atoms with Gasteiger partial charge in [0.15, 0.2) is 24.2 Å². The van der Waals surface area contributed by atoms with E-state index in [1.807, 2.05) is 0 Å². The summed E-state index contributed by atoms with van der Waals surface area (Å²) in [5.41, 5.74) is 5.82. The Morgan fingerprint density at radius 2 is 1.60 bits per heavy atom. The Balaban J connectivity index is 1.78. The molecule has 3 aliphatic heterocycles. The minimum atomic E-state index is -2.44. The van der Waals surface area contributed by atoms with Crippen molar-refractivity contribution in [3.63, 3.8) is 0 Å². The van der Waals surface area contributed by atoms with Crippen LogP contribution in [0.5, 0.6) is 0 Å². The summed E-state index contributed by atoms with van der Waals surface area (Å²) in [7, 11) is 0. The fourth-order valence-corrected chi connectivity index (χ4v) is 5.07. The lowest BCUT2D eigenvalue weighted by Crippen LogP contribution is -2.67. The highest BCUT2D eigenvalue weighted by Gasteiger charge is 2.54. The van der Waals surface area contributed by atoms with Crippen LogP contribution in [0.2, 0.25) is 0 Å². The molecule has 3 aliphatic rings. The van der Waals surface area contributed by atoms with Crippen molar-refractivity contribution in [1.82, 2.24) is 0 Å². The van der Waals surface area contributed by atoms with Gasteiger partial charge in [-0.1, -0.05) is 0 Å². The molecule has 0 radical (unpaired) electrons. The second-order valence-electron chi connectivity index (χ2n) is 10.7. The van der Waals surface area contributed by atoms with E-state index in [1.165, 1.54) is 0 Å². The van der Waals surface area contributed by atoms with Gasteiger partial charge in [-0.2, -0.15) is 0 Å². The minimum absolute atomic E-state index is 0.603. The van der Waals surface area contributed by atoms with Gasteiger partial charge in [0.05, 0.1) is 25.4 Å². The Bertz CT molecular complexity index is 884. The van der Waals surface area contributed by atoms with Crippen LogP contribution in [0.25, 0.3) is 0 Å². The van der Waals surface area contributed by atoms with Gasteiger partial charge in [0.1, 0.15) is 79.9 Å². The third-order valence-corrected chi connectivity index (χ3v) is 7.55. The molecule has 17 atom stereocenters. The lowest BCUT2D eigenvalue weighted by atomic mass is 9.89. The summed E-state index contributed by atoms with van der Waals surface area (Å²) in [5.74, 6) is -3.27. The highest BCUT2D eigenvalue weighted by atomic mass is 16.7. The Kier molecular flexibility index (Phi) is 12.1. The molecule has 0 aromatic carbocycles. The molecular weight excluding hydrogens is 578 g/mol. The van der Waals surface area contributed by atoms with Crippen LogP contribution < -0.4 is 5.73 Å². The number of ketones is 1. The van der Waals surface area contributed by atoms with Crippen LogP contribution in [0, 0.1) is 0 Å². The van der Waals surface area contributed by atoms with Gasteiger partial charge >= 0.3 is 0 Å². The number of aliphatic hydroxyl groups excluding tert-OH is 11. The second kappa shape index (κ2) is 14.4. The van der Waals surface area contributed by atoms with Crippen molar-refractivity contribution in [2.24, 2.45) is 5.73 Å². The van der Waals surface area contributed by atoms with Crippen molar-refractivity contribution in [3.8, 4) is 0 Å². The van der Waals surface area contributed by atoms with Crippen molar-refractivity contribution in [2.75, 3.05) is 19.8 Å². The van der Waals surface area contributed by atoms with Crippen LogP contribution in [-0.2, 0) is 28.5 Å². The molecule has 3 heterocycles. The van der Waals surface area contributed by atoms with Gasteiger partial charge in [0, 0.05) is 6.42 Å². The minimum Gasteiger partial charge on any atom is -0.394 e. The molecule has 0 saturated carbocycles. The van der Waals surface area contributed by atoms with Gasteiger partial charge in [0.2, 0.25) is 0 Å². The molecule has 0 spiro atoms. The fraction of sp³-hybridized carbons (Fsp3) is 0.957. The first-order valence-corrected chi connectivity index (χ1v) is 13.1. The van der Waals surface area contributed by atoms with Crippen molar-refractivity contribution in [3.05, 3.63) is 0 Å². The first-order chi connectivity index (χ1) is 19.6. The number of Topliss-reactive ketones (excluding diaryl/α,β-unsaturated/α-hetero) is 1. The summed E-state index contributed by atoms with van der Waals surface area (Å²) in [6, 6.07) is -1.32. The number of ether oxygens (including phenoxy) is 5. The predicted molar refractivity (Wildman–Crippen MR) is 129 cm³/mol. The lowest BCUT2D eigenvalue weighted by Gasteiger charge is -2.47. The predicted octanol–water partition coefficient (Wildman–Crippen LogP) is -8.54. The summed E-state index contributed by atoms with van der Waals surface area (Å²) in [6.07, 6.45) is -27.7. The van der Waals surface area contributed by atoms with Crippen molar-refractivity contribution < 1.29 is 89.8 Å². The van der Waals surface area contributed by atoms with E-state index in [1.54, 1.807) is 0 Å². The fourth-order valence-electron chi connectivity index (χ4n) is 5.07. The Morgan fingerprint density at radius 3 is 2.17 bits per heavy atom. The Hall–Kier alpha value is -1.05. The SMILES string of the molecule is CC(=O)C(OC[C@]1(O)C[C@H](O)[C@@H](N)[C@H]([C@H](O)[C@H](O)CO)O1)[C@H]1O[C@@H](O[C@H]2[C@H](O)[C@@H](O)[C@@H](O)O[C@@H]2CO)[C@H](O)[C@@H](O)[C@H]1O. The number of carbonyl (C=O) groups is 1. The normalized spacial score (nSPS) is 47.0. The molecule has 3 rings (SSSR count). The van der Waals surface area contributed by atoms with Gasteiger partial charge in [-0.25, -0.2) is 0 Å². The van der Waals surface area contributed by atoms with Crippen LogP contribution in [0.3, 0.4) is 0 Å². The summed E-state index contributed by atoms with van der Waals surface area (Å²) >= 11 is 0. The largest absolute Gasteiger partial charge is 0.394 e. The van der Waals surface area contributed by atoms with Crippen LogP contribution in [0.1, 0.15) is 13.3 Å². The summed E-state index contributed by atoms with van der Waals surface area (Å²) in [5, 5.41) is 122. The van der Waals surface area contributed by atoms with E-state index < -0.39 is 136 Å². The number of rotatable bonds is 11. The van der Waals surface area contributed by atoms with Crippen LogP contribution in [-0.4, -0.2) is 191 Å². The van der Waals surface area contributed by atoms with E-state index in [0.717, 1.165) is 6.92 Å². The van der Waals surface area contributed by atoms with E-state index in [4.69, 9.17) is 34.5 Å². The summed E-state index contributed by atoms with van der Waals surface area (Å²) in [6.45, 7) is -1.67. The molecule has 0 aromatic rings. The quantitative estimate of drug-likeness (QED) is 0.102. The zero-order valence-corrected chi connectivity index (χ0v) is 22.5. The highest BCUT2D eigenvalue weighted by molar-refractivity contribution is 5.81. The third kappa shape index (κ3) is 7.42. The molecule has 0 aliphatic carbocycles. The van der Waals surface area contributed by atoms with Gasteiger partial charge in [-0.15, -0.1) is 0 Å². The van der Waals surface area contributed by atoms with Crippen LogP contribution in [0.15, 0.2) is 0 Å². The van der Waals surface area contributed by atoms with Crippen molar-refractivity contribution in [1.29, 1.82) is 0 Å². The number of aliphatic hydroxyl groups is 12. The number of hydrogen-bond donors (Lipinski definition) is 13. The van der Waals surface area contributed by atoms with Crippen molar-refractivity contribution in [2.45, 2.75) is 117 Å². The first kappa shape index (κ1) is 35.4.